The predicted molar refractivity (Wildman–Crippen MR) is 101 cm³/mol. The largest absolute Gasteiger partial charge is 0.588 e. The molecule has 1 aliphatic rings. The fourth-order valence-corrected chi connectivity index (χ4v) is 5.18. The Labute approximate surface area is 160 Å². The maximum atomic E-state index is 12.5. The zero-order valence-corrected chi connectivity index (χ0v) is 16.1. The summed E-state index contributed by atoms with van der Waals surface area (Å²) in [6.07, 6.45) is 0. The van der Waals surface area contributed by atoms with Crippen molar-refractivity contribution in [2.24, 2.45) is 0 Å². The van der Waals surface area contributed by atoms with Crippen LogP contribution in [0.3, 0.4) is 0 Å². The normalized spacial score (nSPS) is 17.0. The predicted octanol–water partition coefficient (Wildman–Crippen LogP) is 3.01. The molecule has 0 saturated carbocycles. The number of hydrogen-bond donors (Lipinski definition) is 1. The Morgan fingerprint density at radius 1 is 1.35 bits per heavy atom. The van der Waals surface area contributed by atoms with Crippen molar-refractivity contribution in [3.05, 3.63) is 51.7 Å². The van der Waals surface area contributed by atoms with Gasteiger partial charge in [0.25, 0.3) is 0 Å². The molecule has 0 amide bonds. The molecule has 2 aromatic heterocycles. The first-order valence-electron chi connectivity index (χ1n) is 7.90. The van der Waals surface area contributed by atoms with E-state index in [-0.39, 0.29) is 10.0 Å². The number of benzene rings is 1. The summed E-state index contributed by atoms with van der Waals surface area (Å²) in [7, 11) is -3.72. The summed E-state index contributed by atoms with van der Waals surface area (Å²) in [5, 5.41) is 9.66. The van der Waals surface area contributed by atoms with E-state index >= 15 is 0 Å². The number of hydrogen-bond acceptors (Lipinski definition) is 8. The van der Waals surface area contributed by atoms with Gasteiger partial charge in [0, 0.05) is 36.1 Å². The average Bonchev–Trinajstić information content (AvgIpc) is 3.26. The smallest absolute Gasteiger partial charge is 0.247 e. The first-order chi connectivity index (χ1) is 12.6. The number of anilines is 1. The van der Waals surface area contributed by atoms with E-state index in [1.54, 1.807) is 23.5 Å². The summed E-state index contributed by atoms with van der Waals surface area (Å²) in [6.45, 7) is 2.89. The zero-order valence-electron chi connectivity index (χ0n) is 13.7. The highest BCUT2D eigenvalue weighted by Gasteiger charge is 2.25. The van der Waals surface area contributed by atoms with E-state index in [4.69, 9.17) is 4.74 Å². The molecular weight excluding hydrogens is 392 g/mol. The van der Waals surface area contributed by atoms with Gasteiger partial charge in [-0.05, 0) is 23.6 Å². The molecule has 1 unspecified atom stereocenters. The van der Waals surface area contributed by atoms with Crippen molar-refractivity contribution in [3.8, 4) is 5.75 Å². The number of rotatable bonds is 5. The number of nitrogens with zero attached hydrogens (tertiary/aromatic N) is 3. The molecule has 3 aromatic rings. The molecule has 0 bridgehead atoms. The van der Waals surface area contributed by atoms with Crippen LogP contribution in [0.4, 0.5) is 5.13 Å². The Hall–Kier alpha value is -1.85. The third-order valence-electron chi connectivity index (χ3n) is 3.95. The first-order valence-corrected chi connectivity index (χ1v) is 11.1. The van der Waals surface area contributed by atoms with Gasteiger partial charge in [0.2, 0.25) is 5.13 Å². The number of aromatic nitrogens is 2. The molecule has 0 fully saturated rings. The Morgan fingerprint density at radius 3 is 3.04 bits per heavy atom. The van der Waals surface area contributed by atoms with Crippen LogP contribution in [0.15, 0.2) is 46.1 Å². The summed E-state index contributed by atoms with van der Waals surface area (Å²) >= 11 is 2.86. The number of nitrogens with one attached hydrogen (secondary N) is 1. The Balaban J connectivity index is 1.53. The molecule has 0 saturated heterocycles. The van der Waals surface area contributed by atoms with E-state index in [0.717, 1.165) is 36.5 Å². The van der Waals surface area contributed by atoms with Gasteiger partial charge in [-0.3, -0.25) is 4.90 Å². The van der Waals surface area contributed by atoms with Gasteiger partial charge in [0.05, 0.1) is 0 Å². The van der Waals surface area contributed by atoms with Gasteiger partial charge >= 0.3 is 0 Å². The van der Waals surface area contributed by atoms with Crippen molar-refractivity contribution >= 4 is 38.2 Å². The molecule has 3 heterocycles. The molecular formula is C16H16N4O3S3. The molecule has 26 heavy (non-hydrogen) atoms. The highest BCUT2D eigenvalue weighted by atomic mass is 32.3. The molecule has 1 atom stereocenters. The van der Waals surface area contributed by atoms with E-state index in [2.05, 4.69) is 31.3 Å². The molecule has 0 aliphatic carbocycles. The van der Waals surface area contributed by atoms with E-state index in [1.807, 2.05) is 12.1 Å². The van der Waals surface area contributed by atoms with Crippen LogP contribution in [0.2, 0.25) is 0 Å². The van der Waals surface area contributed by atoms with E-state index in [0.29, 0.717) is 12.4 Å². The molecule has 10 heteroatoms. The number of sulfonamides is 1. The van der Waals surface area contributed by atoms with Crippen LogP contribution in [-0.4, -0.2) is 32.8 Å². The minimum atomic E-state index is -3.72. The maximum Gasteiger partial charge on any atom is 0.247 e. The fraction of sp³-hybridized carbons (Fsp3) is 0.250. The van der Waals surface area contributed by atoms with Crippen LogP contribution >= 0.6 is 22.7 Å². The standard InChI is InChI=1S/C16H16N4O3S3/c21-26(22,19-16-18-17-11-25-16)14-4-3-12-9-20(5-6-23-15(12)8-14)10-13-2-1-7-24-13/h1-4,7-8,11H,5-6,9-10H2,(H-,18,19,21,22). The molecule has 0 spiro atoms. The lowest BCUT2D eigenvalue weighted by Crippen LogP contribution is -2.24. The topological polar surface area (TPSA) is 90.4 Å². The monoisotopic (exact) mass is 408 g/mol. The lowest BCUT2D eigenvalue weighted by Gasteiger charge is -2.18. The lowest BCUT2D eigenvalue weighted by molar-refractivity contribution is 0.221. The second-order valence-electron chi connectivity index (χ2n) is 5.76. The minimum absolute atomic E-state index is 0.151. The fourth-order valence-electron chi connectivity index (χ4n) is 2.72. The van der Waals surface area contributed by atoms with Gasteiger partial charge in [-0.1, -0.05) is 21.6 Å². The summed E-state index contributed by atoms with van der Waals surface area (Å²) in [6, 6.07) is 9.15. The molecule has 1 aromatic carbocycles. The van der Waals surface area contributed by atoms with Gasteiger partial charge < -0.3 is 9.29 Å². The Bertz CT molecular complexity index is 915. The summed E-state index contributed by atoms with van der Waals surface area (Å²) in [4.78, 5) is 3.75. The number of fused-ring (bicyclic) bond motifs is 1. The van der Waals surface area contributed by atoms with Crippen LogP contribution in [0, 0.1) is 0 Å². The third-order valence-corrected chi connectivity index (χ3v) is 6.88. The van der Waals surface area contributed by atoms with Crippen LogP contribution in [0.25, 0.3) is 0 Å². The number of ether oxygens (including phenoxy) is 1. The van der Waals surface area contributed by atoms with Gasteiger partial charge in [-0.25, -0.2) is 0 Å². The summed E-state index contributed by atoms with van der Waals surface area (Å²) in [5.74, 6) is 0.610. The van der Waals surface area contributed by atoms with Crippen molar-refractivity contribution in [2.75, 3.05) is 17.9 Å². The van der Waals surface area contributed by atoms with Crippen LogP contribution in [0.5, 0.6) is 5.75 Å². The average molecular weight is 409 g/mol. The van der Waals surface area contributed by atoms with Crippen molar-refractivity contribution in [3.63, 3.8) is 0 Å². The van der Waals surface area contributed by atoms with Crippen LogP contribution in [0.1, 0.15) is 10.4 Å². The highest BCUT2D eigenvalue weighted by Crippen LogP contribution is 2.30. The van der Waals surface area contributed by atoms with Gasteiger partial charge in [0.1, 0.15) is 17.9 Å². The molecule has 1 aliphatic heterocycles. The highest BCUT2D eigenvalue weighted by molar-refractivity contribution is 7.99. The Kier molecular flexibility index (Phi) is 5.00. The second-order valence-corrected chi connectivity index (χ2v) is 9.31. The van der Waals surface area contributed by atoms with Crippen molar-refractivity contribution in [1.82, 2.24) is 15.1 Å². The molecule has 7 nitrogen and oxygen atoms in total. The van der Waals surface area contributed by atoms with Crippen molar-refractivity contribution in [1.29, 1.82) is 0 Å². The van der Waals surface area contributed by atoms with E-state index in [1.165, 1.54) is 10.4 Å². The molecule has 1 N–H and O–H groups in total. The third kappa shape index (κ3) is 3.94. The molecule has 4 rings (SSSR count). The minimum Gasteiger partial charge on any atom is -0.588 e. The summed E-state index contributed by atoms with van der Waals surface area (Å²) in [5.41, 5.74) is 2.45. The second kappa shape index (κ2) is 7.41. The SMILES string of the molecule is O=[S+]([O-])(Nc1nncs1)c1ccc2c(c1)OCCN(Cc1cccs1)C2. The quantitative estimate of drug-likeness (QED) is 0.653. The lowest BCUT2D eigenvalue weighted by atomic mass is 10.2. The summed E-state index contributed by atoms with van der Waals surface area (Å²) < 4.78 is 33.3. The van der Waals surface area contributed by atoms with Gasteiger partial charge in [-0.2, -0.15) is 4.72 Å². The zero-order chi connectivity index (χ0) is 18.0. The maximum absolute atomic E-state index is 12.5. The molecule has 0 radical (unpaired) electrons. The van der Waals surface area contributed by atoms with Crippen LogP contribution < -0.4 is 9.46 Å². The van der Waals surface area contributed by atoms with E-state index in [9.17, 15) is 8.76 Å². The number of thiophene rings is 1. The van der Waals surface area contributed by atoms with E-state index < -0.39 is 10.4 Å². The Morgan fingerprint density at radius 2 is 2.27 bits per heavy atom. The molecule has 136 valence electrons. The van der Waals surface area contributed by atoms with Crippen LogP contribution in [-0.2, 0) is 27.7 Å². The van der Waals surface area contributed by atoms with Crippen molar-refractivity contribution < 1.29 is 13.5 Å². The first kappa shape index (κ1) is 17.6. The van der Waals surface area contributed by atoms with Gasteiger partial charge in [-0.15, -0.1) is 21.5 Å². The van der Waals surface area contributed by atoms with Gasteiger partial charge in [0.15, 0.2) is 15.3 Å². The van der Waals surface area contributed by atoms with Crippen molar-refractivity contribution in [2.45, 2.75) is 18.0 Å².